The number of carbonyl (C=O) groups excluding carboxylic acids is 2. The lowest BCUT2D eigenvalue weighted by Gasteiger charge is -2.26. The summed E-state index contributed by atoms with van der Waals surface area (Å²) in [5.74, 6) is -2.13. The molecule has 2 aromatic rings. The number of aliphatic hydroxyl groups is 1. The van der Waals surface area contributed by atoms with Crippen LogP contribution in [0.25, 0.3) is 11.1 Å². The van der Waals surface area contributed by atoms with Gasteiger partial charge in [-0.05, 0) is 35.1 Å². The minimum Gasteiger partial charge on any atom is -0.480 e. The van der Waals surface area contributed by atoms with Gasteiger partial charge in [-0.1, -0.05) is 60.7 Å². The summed E-state index contributed by atoms with van der Waals surface area (Å²) in [5, 5.41) is 23.4. The SMILES string of the molecule is O=C(NC1C=CCC(C(=O)N[C@H](CCO)C(=O)O)C1)OCC1c2ccccc2-c2ccccc21. The van der Waals surface area contributed by atoms with E-state index in [9.17, 15) is 19.5 Å². The summed E-state index contributed by atoms with van der Waals surface area (Å²) in [6.07, 6.45) is 3.75. The molecule has 0 saturated heterocycles. The molecule has 34 heavy (non-hydrogen) atoms. The van der Waals surface area contributed by atoms with Crippen LogP contribution in [-0.2, 0) is 14.3 Å². The average Bonchev–Trinajstić information content (AvgIpc) is 3.16. The second kappa shape index (κ2) is 10.5. The smallest absolute Gasteiger partial charge is 0.407 e. The summed E-state index contributed by atoms with van der Waals surface area (Å²) in [6.45, 7) is -0.143. The number of carboxylic acid groups (broad SMARTS) is 1. The van der Waals surface area contributed by atoms with E-state index in [-0.39, 0.29) is 25.6 Å². The first-order valence-corrected chi connectivity index (χ1v) is 11.4. The number of alkyl carbamates (subject to hydrolysis) is 1. The standard InChI is InChI=1S/C26H28N2O6/c29-13-12-23(25(31)32)28-24(30)16-6-5-7-17(14-16)27-26(33)34-15-22-20-10-3-1-8-18(20)19-9-2-4-11-21(19)22/h1-5,7-11,16-17,22-23,29H,6,12-15H2,(H,27,33)(H,28,30)(H,31,32)/t16?,17?,23-/m1/s1. The zero-order valence-corrected chi connectivity index (χ0v) is 18.6. The molecule has 4 N–H and O–H groups in total. The van der Waals surface area contributed by atoms with Crippen molar-refractivity contribution in [3.8, 4) is 11.1 Å². The zero-order valence-electron chi connectivity index (χ0n) is 18.6. The number of aliphatic hydroxyl groups excluding tert-OH is 1. The van der Waals surface area contributed by atoms with Crippen LogP contribution in [0, 0.1) is 5.92 Å². The number of aliphatic carboxylic acids is 1. The maximum atomic E-state index is 12.5. The van der Waals surface area contributed by atoms with Crippen molar-refractivity contribution in [2.24, 2.45) is 5.92 Å². The Labute approximate surface area is 197 Å². The number of ether oxygens (including phenoxy) is 1. The van der Waals surface area contributed by atoms with Crippen molar-refractivity contribution in [1.82, 2.24) is 10.6 Å². The van der Waals surface area contributed by atoms with Gasteiger partial charge in [0.2, 0.25) is 5.91 Å². The Morgan fingerprint density at radius 3 is 2.29 bits per heavy atom. The summed E-state index contributed by atoms with van der Waals surface area (Å²) in [4.78, 5) is 36.3. The molecule has 2 amide bonds. The van der Waals surface area contributed by atoms with E-state index in [1.54, 1.807) is 6.08 Å². The van der Waals surface area contributed by atoms with E-state index < -0.39 is 36.0 Å². The number of carbonyl (C=O) groups is 3. The topological polar surface area (TPSA) is 125 Å². The molecular weight excluding hydrogens is 436 g/mol. The molecule has 0 saturated carbocycles. The van der Waals surface area contributed by atoms with Gasteiger partial charge in [-0.3, -0.25) is 4.79 Å². The van der Waals surface area contributed by atoms with Crippen LogP contribution in [-0.4, -0.2) is 53.5 Å². The van der Waals surface area contributed by atoms with E-state index in [4.69, 9.17) is 9.84 Å². The molecule has 0 radical (unpaired) electrons. The van der Waals surface area contributed by atoms with Gasteiger partial charge in [0.05, 0.1) is 6.04 Å². The van der Waals surface area contributed by atoms with Gasteiger partial charge < -0.3 is 25.6 Å². The number of hydrogen-bond donors (Lipinski definition) is 4. The first kappa shape index (κ1) is 23.5. The highest BCUT2D eigenvalue weighted by Crippen LogP contribution is 2.44. The van der Waals surface area contributed by atoms with Gasteiger partial charge >= 0.3 is 12.1 Å². The number of fused-ring (bicyclic) bond motifs is 3. The van der Waals surface area contributed by atoms with Crippen molar-refractivity contribution < 1.29 is 29.3 Å². The third-order valence-corrected chi connectivity index (χ3v) is 6.38. The van der Waals surface area contributed by atoms with Crippen molar-refractivity contribution in [2.75, 3.05) is 13.2 Å². The van der Waals surface area contributed by atoms with Gasteiger partial charge in [0, 0.05) is 24.9 Å². The van der Waals surface area contributed by atoms with Crippen LogP contribution in [0.5, 0.6) is 0 Å². The van der Waals surface area contributed by atoms with E-state index in [0.717, 1.165) is 22.3 Å². The highest BCUT2D eigenvalue weighted by atomic mass is 16.5. The molecule has 2 aliphatic carbocycles. The van der Waals surface area contributed by atoms with Gasteiger partial charge in [-0.25, -0.2) is 9.59 Å². The van der Waals surface area contributed by atoms with Crippen molar-refractivity contribution in [3.63, 3.8) is 0 Å². The van der Waals surface area contributed by atoms with E-state index in [1.807, 2.05) is 30.3 Å². The summed E-state index contributed by atoms with van der Waals surface area (Å²) in [6, 6.07) is 14.6. The normalized spacial score (nSPS) is 19.6. The molecule has 2 aliphatic rings. The Balaban J connectivity index is 1.32. The number of carboxylic acids is 1. The van der Waals surface area contributed by atoms with E-state index in [1.165, 1.54) is 0 Å². The maximum absolute atomic E-state index is 12.5. The fourth-order valence-corrected chi connectivity index (χ4v) is 4.68. The lowest BCUT2D eigenvalue weighted by atomic mass is 9.90. The van der Waals surface area contributed by atoms with Crippen molar-refractivity contribution in [3.05, 3.63) is 71.8 Å². The summed E-state index contributed by atoms with van der Waals surface area (Å²) < 4.78 is 5.58. The van der Waals surface area contributed by atoms with Crippen LogP contribution in [0.15, 0.2) is 60.7 Å². The minimum atomic E-state index is -1.19. The number of rotatable bonds is 8. The van der Waals surface area contributed by atoms with E-state index >= 15 is 0 Å². The van der Waals surface area contributed by atoms with Crippen molar-refractivity contribution in [2.45, 2.75) is 37.3 Å². The Morgan fingerprint density at radius 2 is 1.68 bits per heavy atom. The molecule has 0 heterocycles. The molecule has 178 valence electrons. The molecular formula is C26H28N2O6. The molecule has 8 heteroatoms. The molecule has 8 nitrogen and oxygen atoms in total. The second-order valence-electron chi connectivity index (χ2n) is 8.58. The Hall–Kier alpha value is -3.65. The van der Waals surface area contributed by atoms with Crippen molar-refractivity contribution in [1.29, 1.82) is 0 Å². The minimum absolute atomic E-state index is 0.0435. The molecule has 2 aromatic carbocycles. The summed E-state index contributed by atoms with van der Waals surface area (Å²) in [7, 11) is 0. The van der Waals surface area contributed by atoms with Crippen LogP contribution >= 0.6 is 0 Å². The van der Waals surface area contributed by atoms with Gasteiger partial charge in [0.25, 0.3) is 0 Å². The Bertz CT molecular complexity index is 1050. The number of allylic oxidation sites excluding steroid dienone is 1. The summed E-state index contributed by atoms with van der Waals surface area (Å²) in [5.41, 5.74) is 4.55. The largest absolute Gasteiger partial charge is 0.480 e. The first-order valence-electron chi connectivity index (χ1n) is 11.4. The third kappa shape index (κ3) is 5.12. The molecule has 0 bridgehead atoms. The molecule has 0 fully saturated rings. The van der Waals surface area contributed by atoms with Gasteiger partial charge in [0.15, 0.2) is 0 Å². The van der Waals surface area contributed by atoms with Crippen LogP contribution in [0.3, 0.4) is 0 Å². The van der Waals surface area contributed by atoms with Crippen molar-refractivity contribution >= 4 is 18.0 Å². The Morgan fingerprint density at radius 1 is 1.03 bits per heavy atom. The fourth-order valence-electron chi connectivity index (χ4n) is 4.68. The maximum Gasteiger partial charge on any atom is 0.407 e. The number of hydrogen-bond acceptors (Lipinski definition) is 5. The van der Waals surface area contributed by atoms with E-state index in [0.29, 0.717) is 12.8 Å². The molecule has 3 atom stereocenters. The molecule has 0 aromatic heterocycles. The molecule has 4 rings (SSSR count). The quantitative estimate of drug-likeness (QED) is 0.445. The average molecular weight is 465 g/mol. The monoisotopic (exact) mass is 464 g/mol. The van der Waals surface area contributed by atoms with Crippen LogP contribution in [0.1, 0.15) is 36.3 Å². The van der Waals surface area contributed by atoms with Crippen LogP contribution < -0.4 is 10.6 Å². The van der Waals surface area contributed by atoms with Crippen LogP contribution in [0.2, 0.25) is 0 Å². The van der Waals surface area contributed by atoms with Gasteiger partial charge in [0.1, 0.15) is 12.6 Å². The highest BCUT2D eigenvalue weighted by Gasteiger charge is 2.31. The summed E-state index contributed by atoms with van der Waals surface area (Å²) >= 11 is 0. The number of nitrogens with one attached hydrogen (secondary N) is 2. The molecule has 2 unspecified atom stereocenters. The van der Waals surface area contributed by atoms with Crippen LogP contribution in [0.4, 0.5) is 4.79 Å². The van der Waals surface area contributed by atoms with E-state index in [2.05, 4.69) is 34.9 Å². The highest BCUT2D eigenvalue weighted by molar-refractivity contribution is 5.85. The molecule has 0 spiro atoms. The number of amides is 2. The Kier molecular flexibility index (Phi) is 7.27. The first-order chi connectivity index (χ1) is 16.5. The predicted molar refractivity (Wildman–Crippen MR) is 125 cm³/mol. The lowest BCUT2D eigenvalue weighted by molar-refractivity contribution is -0.143. The second-order valence-corrected chi connectivity index (χ2v) is 8.58. The number of benzene rings is 2. The molecule has 0 aliphatic heterocycles. The predicted octanol–water partition coefficient (Wildman–Crippen LogP) is 2.81. The van der Waals surface area contributed by atoms with Gasteiger partial charge in [-0.15, -0.1) is 0 Å². The van der Waals surface area contributed by atoms with Gasteiger partial charge in [-0.2, -0.15) is 0 Å². The fraction of sp³-hybridized carbons (Fsp3) is 0.346. The third-order valence-electron chi connectivity index (χ3n) is 6.38. The zero-order chi connectivity index (χ0) is 24.1. The lowest BCUT2D eigenvalue weighted by Crippen LogP contribution is -2.46.